The summed E-state index contributed by atoms with van der Waals surface area (Å²) in [4.78, 5) is 27.8. The monoisotopic (exact) mass is 524 g/mol. The molecule has 2 aliphatic heterocycles. The minimum Gasteiger partial charge on any atom is -0.387 e. The van der Waals surface area contributed by atoms with E-state index in [0.717, 1.165) is 25.7 Å². The van der Waals surface area contributed by atoms with E-state index in [1.165, 1.54) is 19.0 Å². The van der Waals surface area contributed by atoms with Gasteiger partial charge in [0.15, 0.2) is 23.2 Å². The zero-order valence-electron chi connectivity index (χ0n) is 18.7. The van der Waals surface area contributed by atoms with Crippen LogP contribution >= 0.6 is 19.2 Å². The number of aromatic nitrogens is 2. The molecule has 1 unspecified atom stereocenters. The number of nitrogens with zero attached hydrogens (tertiary/aromatic N) is 3. The first-order chi connectivity index (χ1) is 16.0. The maximum absolute atomic E-state index is 11.9. The Morgan fingerprint density at radius 1 is 1.29 bits per heavy atom. The number of nitrogens with one attached hydrogen (secondary N) is 3. The van der Waals surface area contributed by atoms with Gasteiger partial charge in [0.2, 0.25) is 5.28 Å². The van der Waals surface area contributed by atoms with Crippen molar-refractivity contribution in [3.05, 3.63) is 5.28 Å². The largest absolute Gasteiger partial charge is 0.387 e. The minimum atomic E-state index is -4.72. The van der Waals surface area contributed by atoms with Gasteiger partial charge in [0.1, 0.15) is 24.0 Å². The number of aliphatic hydroxyl groups excluding tert-OH is 2. The van der Waals surface area contributed by atoms with Crippen molar-refractivity contribution in [1.29, 1.82) is 0 Å². The van der Waals surface area contributed by atoms with Gasteiger partial charge in [-0.25, -0.2) is 0 Å². The molecule has 3 aliphatic rings. The molecule has 0 radical (unpaired) electrons. The second kappa shape index (κ2) is 9.97. The summed E-state index contributed by atoms with van der Waals surface area (Å²) in [6.07, 6.45) is -0.814. The molecule has 14 nitrogen and oxygen atoms in total. The Labute approximate surface area is 201 Å². The van der Waals surface area contributed by atoms with Gasteiger partial charge in [-0.3, -0.25) is 15.0 Å². The highest BCUT2D eigenvalue weighted by Gasteiger charge is 2.51. The molecule has 16 heteroatoms. The molecular weight excluding hydrogens is 495 g/mol. The zero-order chi connectivity index (χ0) is 24.7. The maximum atomic E-state index is 11.9. The number of hydrogen-bond donors (Lipinski definition) is 7. The third-order valence-corrected chi connectivity index (χ3v) is 7.93. The van der Waals surface area contributed by atoms with Crippen LogP contribution in [0.5, 0.6) is 0 Å². The van der Waals surface area contributed by atoms with Crippen molar-refractivity contribution >= 4 is 36.5 Å². The van der Waals surface area contributed by atoms with Crippen molar-refractivity contribution in [2.45, 2.75) is 68.5 Å². The molecule has 5 atom stereocenters. The molecule has 1 saturated heterocycles. The second-order valence-electron chi connectivity index (χ2n) is 8.78. The summed E-state index contributed by atoms with van der Waals surface area (Å²) in [7, 11) is -3.43. The van der Waals surface area contributed by atoms with Crippen molar-refractivity contribution in [3.63, 3.8) is 0 Å². The molecule has 4 rings (SSSR count). The fourth-order valence-corrected chi connectivity index (χ4v) is 5.00. The molecule has 1 aliphatic carbocycles. The van der Waals surface area contributed by atoms with E-state index in [1.807, 2.05) is 0 Å². The molecule has 1 aromatic heterocycles. The van der Waals surface area contributed by atoms with Crippen molar-refractivity contribution in [3.8, 4) is 0 Å². The van der Waals surface area contributed by atoms with Gasteiger partial charge in [0.25, 0.3) is 0 Å². The lowest BCUT2D eigenvalue weighted by atomic mass is 10.1. The summed E-state index contributed by atoms with van der Waals surface area (Å²) in [5, 5.41) is 24.2. The van der Waals surface area contributed by atoms with Crippen molar-refractivity contribution in [2.75, 3.05) is 36.1 Å². The summed E-state index contributed by atoms with van der Waals surface area (Å²) in [6.45, 7) is 0.417. The third-order valence-electron chi connectivity index (χ3n) is 6.27. The average molecular weight is 525 g/mol. The number of hydrogen-bond acceptors (Lipinski definition) is 12. The highest BCUT2D eigenvalue weighted by molar-refractivity contribution is 7.53. The highest BCUT2D eigenvalue weighted by Crippen LogP contribution is 2.51. The lowest BCUT2D eigenvalue weighted by Gasteiger charge is -2.31. The Hall–Kier alpha value is -1.32. The smallest absolute Gasteiger partial charge is 0.359 e. The topological polar surface area (TPSA) is 191 Å². The van der Waals surface area contributed by atoms with Crippen molar-refractivity contribution < 1.29 is 38.8 Å². The van der Waals surface area contributed by atoms with Crippen molar-refractivity contribution in [1.82, 2.24) is 15.5 Å². The first-order valence-electron chi connectivity index (χ1n) is 10.9. The van der Waals surface area contributed by atoms with E-state index in [9.17, 15) is 24.6 Å². The van der Waals surface area contributed by atoms with Gasteiger partial charge in [-0.05, 0) is 31.4 Å². The Kier molecular flexibility index (Phi) is 7.56. The number of aliphatic hydroxyl groups is 2. The molecule has 1 aromatic rings. The summed E-state index contributed by atoms with van der Waals surface area (Å²) in [5.41, 5.74) is 6.15. The Balaban J connectivity index is 1.52. The number of methoxy groups -OCH3 is 1. The lowest BCUT2D eigenvalue weighted by Crippen LogP contribution is -2.50. The average Bonchev–Trinajstić information content (AvgIpc) is 3.47. The SMILES string of the molecule is COCC(C)(OC[C@H]1O[C@@H](N2NNc3nc(Cl)nc(NC4CCCC4)c32)[C@H](O)[C@@H]1O)P(=O)(O)O. The van der Waals surface area contributed by atoms with Gasteiger partial charge in [-0.2, -0.15) is 9.97 Å². The van der Waals surface area contributed by atoms with E-state index in [-0.39, 0.29) is 17.9 Å². The number of anilines is 3. The van der Waals surface area contributed by atoms with Crippen LogP contribution in [0.25, 0.3) is 0 Å². The summed E-state index contributed by atoms with van der Waals surface area (Å²) >= 11 is 6.08. The van der Waals surface area contributed by atoms with E-state index in [4.69, 9.17) is 25.8 Å². The maximum Gasteiger partial charge on any atom is 0.359 e. The molecule has 192 valence electrons. The molecular formula is C18H30ClN6O8P. The number of hydrazine groups is 2. The van der Waals surface area contributed by atoms with Crippen LogP contribution in [0.4, 0.5) is 17.3 Å². The van der Waals surface area contributed by atoms with Gasteiger partial charge < -0.3 is 39.5 Å². The molecule has 1 saturated carbocycles. The van der Waals surface area contributed by atoms with Crippen molar-refractivity contribution in [2.24, 2.45) is 0 Å². The molecule has 0 aromatic carbocycles. The van der Waals surface area contributed by atoms with Gasteiger partial charge >= 0.3 is 7.60 Å². The minimum absolute atomic E-state index is 0.0319. The van der Waals surface area contributed by atoms with Gasteiger partial charge in [0.05, 0.1) is 13.2 Å². The molecule has 0 amide bonds. The van der Waals surface area contributed by atoms with Crippen LogP contribution in [0.3, 0.4) is 0 Å². The lowest BCUT2D eigenvalue weighted by molar-refractivity contribution is -0.0975. The van der Waals surface area contributed by atoms with Crippen LogP contribution in [0.2, 0.25) is 5.28 Å². The number of fused-ring (bicyclic) bond motifs is 1. The number of ether oxygens (including phenoxy) is 3. The van der Waals surface area contributed by atoms with E-state index < -0.39 is 44.1 Å². The van der Waals surface area contributed by atoms with E-state index in [2.05, 4.69) is 26.2 Å². The van der Waals surface area contributed by atoms with Crippen LogP contribution in [0.15, 0.2) is 0 Å². The fraction of sp³-hybridized carbons (Fsp3) is 0.778. The van der Waals surface area contributed by atoms with Crippen LogP contribution in [0.1, 0.15) is 32.6 Å². The predicted molar refractivity (Wildman–Crippen MR) is 121 cm³/mol. The highest BCUT2D eigenvalue weighted by atomic mass is 35.5. The van der Waals surface area contributed by atoms with Gasteiger partial charge in [-0.15, -0.1) is 5.53 Å². The molecule has 7 N–H and O–H groups in total. The second-order valence-corrected chi connectivity index (χ2v) is 11.2. The molecule has 3 heterocycles. The van der Waals surface area contributed by atoms with E-state index in [0.29, 0.717) is 17.3 Å². The van der Waals surface area contributed by atoms with Crippen LogP contribution < -0.4 is 21.3 Å². The Morgan fingerprint density at radius 3 is 2.65 bits per heavy atom. The molecule has 0 bridgehead atoms. The Bertz CT molecular complexity index is 936. The standard InChI is InChI=1S/C18H30ClN6O8P/c1-18(8-31-2,34(28,29)30)32-7-10-12(26)13(27)16(33-10)25-11-14(20-9-5-3-4-6-9)21-17(19)22-15(11)23-24-25/h9-10,12-13,16,24,26-27H,3-8H2,1-2H3,(H2,28,29,30)(H2,20,21,22,23)/t10-,12-,13-,16-,18?/m1/s1. The first kappa shape index (κ1) is 25.8. The molecule has 2 fully saturated rings. The van der Waals surface area contributed by atoms with E-state index in [1.54, 1.807) is 0 Å². The van der Waals surface area contributed by atoms with E-state index >= 15 is 0 Å². The first-order valence-corrected chi connectivity index (χ1v) is 12.9. The molecule has 0 spiro atoms. The summed E-state index contributed by atoms with van der Waals surface area (Å²) < 4.78 is 28.1. The van der Waals surface area contributed by atoms with Gasteiger partial charge in [-0.1, -0.05) is 12.8 Å². The van der Waals surface area contributed by atoms with Crippen LogP contribution in [0, 0.1) is 0 Å². The Morgan fingerprint density at radius 2 is 2.00 bits per heavy atom. The zero-order valence-corrected chi connectivity index (χ0v) is 20.4. The predicted octanol–water partition coefficient (Wildman–Crippen LogP) is 0.140. The normalized spacial score (nSPS) is 29.2. The quantitative estimate of drug-likeness (QED) is 0.170. The van der Waals surface area contributed by atoms with Gasteiger partial charge in [0, 0.05) is 13.2 Å². The number of halogens is 1. The van der Waals surface area contributed by atoms with Crippen LogP contribution in [-0.2, 0) is 18.8 Å². The summed E-state index contributed by atoms with van der Waals surface area (Å²) in [6, 6.07) is 0.213. The fourth-order valence-electron chi connectivity index (χ4n) is 4.29. The third kappa shape index (κ3) is 4.98. The summed E-state index contributed by atoms with van der Waals surface area (Å²) in [5.74, 6) is 0.804. The van der Waals surface area contributed by atoms with Crippen LogP contribution in [-0.4, -0.2) is 86.2 Å². The molecule has 34 heavy (non-hydrogen) atoms. The number of rotatable bonds is 9.